The van der Waals surface area contributed by atoms with Crippen molar-refractivity contribution in [2.24, 2.45) is 5.92 Å². The van der Waals surface area contributed by atoms with Crippen LogP contribution in [0.4, 0.5) is 0 Å². The molecule has 4 heteroatoms. The van der Waals surface area contributed by atoms with Crippen molar-refractivity contribution in [3.63, 3.8) is 0 Å². The lowest BCUT2D eigenvalue weighted by atomic mass is 9.78. The molecule has 1 aromatic heterocycles. The highest BCUT2D eigenvalue weighted by atomic mass is 16.5. The van der Waals surface area contributed by atoms with E-state index in [0.29, 0.717) is 5.92 Å². The van der Waals surface area contributed by atoms with Crippen LogP contribution in [0.1, 0.15) is 55.4 Å². The predicted molar refractivity (Wildman–Crippen MR) is 78.5 cm³/mol. The summed E-state index contributed by atoms with van der Waals surface area (Å²) in [6, 6.07) is 0. The number of fused-ring (bicyclic) bond motifs is 1. The Morgan fingerprint density at radius 2 is 2.20 bits per heavy atom. The maximum atomic E-state index is 5.94. The van der Waals surface area contributed by atoms with E-state index < -0.39 is 0 Å². The molecule has 0 amide bonds. The number of ether oxygens (including phenoxy) is 1. The molecule has 1 aliphatic heterocycles. The average Bonchev–Trinajstić information content (AvgIpc) is 2.47. The summed E-state index contributed by atoms with van der Waals surface area (Å²) < 4.78 is 5.94. The van der Waals surface area contributed by atoms with E-state index in [0.717, 1.165) is 43.9 Å². The lowest BCUT2D eigenvalue weighted by Gasteiger charge is -2.38. The van der Waals surface area contributed by atoms with Crippen LogP contribution in [0.15, 0.2) is 0 Å². The van der Waals surface area contributed by atoms with Crippen molar-refractivity contribution >= 4 is 0 Å². The van der Waals surface area contributed by atoms with Crippen molar-refractivity contribution in [3.8, 4) is 0 Å². The quantitative estimate of drug-likeness (QED) is 0.901. The van der Waals surface area contributed by atoms with Gasteiger partial charge in [0, 0.05) is 37.9 Å². The average molecular weight is 275 g/mol. The van der Waals surface area contributed by atoms with Crippen LogP contribution in [0, 0.1) is 12.8 Å². The minimum Gasteiger partial charge on any atom is -0.370 e. The number of aryl methyl sites for hydroxylation is 1. The van der Waals surface area contributed by atoms with Gasteiger partial charge in [-0.25, -0.2) is 9.97 Å². The van der Waals surface area contributed by atoms with E-state index in [1.165, 1.54) is 24.1 Å². The Bertz CT molecular complexity index is 503. The zero-order valence-corrected chi connectivity index (χ0v) is 12.8. The van der Waals surface area contributed by atoms with Crippen LogP contribution in [0.2, 0.25) is 0 Å². The maximum absolute atomic E-state index is 5.94. The SMILES string of the molecule is COC1(c2nc(C)c3c(n2)CCNC3)CCCC(C)C1. The molecule has 4 nitrogen and oxygen atoms in total. The molecule has 110 valence electrons. The Morgan fingerprint density at radius 1 is 1.35 bits per heavy atom. The van der Waals surface area contributed by atoms with Crippen LogP contribution < -0.4 is 5.32 Å². The highest BCUT2D eigenvalue weighted by Gasteiger charge is 2.40. The fourth-order valence-corrected chi connectivity index (χ4v) is 3.70. The molecule has 1 saturated carbocycles. The van der Waals surface area contributed by atoms with Crippen molar-refractivity contribution in [1.29, 1.82) is 0 Å². The third kappa shape index (κ3) is 2.35. The Labute approximate surface area is 121 Å². The van der Waals surface area contributed by atoms with Crippen LogP contribution in [-0.4, -0.2) is 23.6 Å². The monoisotopic (exact) mass is 275 g/mol. The van der Waals surface area contributed by atoms with Crippen molar-refractivity contribution in [2.45, 2.75) is 58.1 Å². The van der Waals surface area contributed by atoms with Gasteiger partial charge in [-0.3, -0.25) is 0 Å². The first kappa shape index (κ1) is 14.0. The molecule has 1 N–H and O–H groups in total. The van der Waals surface area contributed by atoms with E-state index in [1.807, 2.05) is 7.11 Å². The van der Waals surface area contributed by atoms with Gasteiger partial charge in [-0.2, -0.15) is 0 Å². The van der Waals surface area contributed by atoms with E-state index in [1.54, 1.807) is 0 Å². The Kier molecular flexibility index (Phi) is 3.78. The molecule has 2 unspecified atom stereocenters. The topological polar surface area (TPSA) is 47.0 Å². The first-order chi connectivity index (χ1) is 9.64. The van der Waals surface area contributed by atoms with Crippen LogP contribution in [0.25, 0.3) is 0 Å². The van der Waals surface area contributed by atoms with Gasteiger partial charge in [0.25, 0.3) is 0 Å². The zero-order chi connectivity index (χ0) is 14.2. The van der Waals surface area contributed by atoms with Crippen LogP contribution in [-0.2, 0) is 23.3 Å². The van der Waals surface area contributed by atoms with E-state index in [9.17, 15) is 0 Å². The van der Waals surface area contributed by atoms with Gasteiger partial charge in [-0.15, -0.1) is 0 Å². The molecule has 0 aromatic carbocycles. The summed E-state index contributed by atoms with van der Waals surface area (Å²) in [4.78, 5) is 9.71. The molecule has 3 rings (SSSR count). The van der Waals surface area contributed by atoms with Gasteiger partial charge in [0.05, 0.1) is 5.69 Å². The third-order valence-corrected chi connectivity index (χ3v) is 4.89. The summed E-state index contributed by atoms with van der Waals surface area (Å²) in [7, 11) is 1.82. The fraction of sp³-hybridized carbons (Fsp3) is 0.750. The normalized spacial score (nSPS) is 30.1. The van der Waals surface area contributed by atoms with Crippen LogP contribution >= 0.6 is 0 Å². The van der Waals surface area contributed by atoms with Crippen molar-refractivity contribution in [1.82, 2.24) is 15.3 Å². The molecular formula is C16H25N3O. The van der Waals surface area contributed by atoms with Gasteiger partial charge in [0.15, 0.2) is 5.82 Å². The third-order valence-electron chi connectivity index (χ3n) is 4.89. The Hall–Kier alpha value is -1.00. The molecule has 1 aromatic rings. The van der Waals surface area contributed by atoms with Gasteiger partial charge in [0.2, 0.25) is 0 Å². The van der Waals surface area contributed by atoms with Crippen molar-refractivity contribution in [3.05, 3.63) is 22.8 Å². The van der Waals surface area contributed by atoms with Crippen LogP contribution in [0.3, 0.4) is 0 Å². The number of hydrogen-bond acceptors (Lipinski definition) is 4. The number of hydrogen-bond donors (Lipinski definition) is 1. The standard InChI is InChI=1S/C16H25N3O/c1-11-5-4-7-16(9-11,20-3)15-18-12(2)13-10-17-8-6-14(13)19-15/h11,17H,4-10H2,1-3H3. The molecule has 2 atom stereocenters. The first-order valence-corrected chi connectivity index (χ1v) is 7.77. The fourth-order valence-electron chi connectivity index (χ4n) is 3.70. The van der Waals surface area contributed by atoms with Gasteiger partial charge < -0.3 is 10.1 Å². The van der Waals surface area contributed by atoms with Gasteiger partial charge in [-0.1, -0.05) is 13.3 Å². The maximum Gasteiger partial charge on any atom is 0.160 e. The van der Waals surface area contributed by atoms with Crippen LogP contribution in [0.5, 0.6) is 0 Å². The molecule has 1 aliphatic carbocycles. The number of methoxy groups -OCH3 is 1. The lowest BCUT2D eigenvalue weighted by molar-refractivity contribution is -0.0649. The molecule has 2 aliphatic rings. The second kappa shape index (κ2) is 5.41. The molecule has 1 fully saturated rings. The molecule has 20 heavy (non-hydrogen) atoms. The zero-order valence-electron chi connectivity index (χ0n) is 12.8. The number of nitrogens with one attached hydrogen (secondary N) is 1. The van der Waals surface area contributed by atoms with Gasteiger partial charge in [-0.05, 0) is 32.1 Å². The first-order valence-electron chi connectivity index (χ1n) is 7.77. The molecular weight excluding hydrogens is 250 g/mol. The number of nitrogens with zero attached hydrogens (tertiary/aromatic N) is 2. The molecule has 0 bridgehead atoms. The summed E-state index contributed by atoms with van der Waals surface area (Å²) in [6.07, 6.45) is 5.58. The summed E-state index contributed by atoms with van der Waals surface area (Å²) in [5.41, 5.74) is 3.37. The number of aromatic nitrogens is 2. The second-order valence-electron chi connectivity index (χ2n) is 6.38. The highest BCUT2D eigenvalue weighted by Crippen LogP contribution is 2.41. The van der Waals surface area contributed by atoms with Gasteiger partial charge in [0.1, 0.15) is 5.60 Å². The molecule has 0 saturated heterocycles. The summed E-state index contributed by atoms with van der Waals surface area (Å²) in [6.45, 7) is 6.33. The minimum atomic E-state index is -0.262. The van der Waals surface area contributed by atoms with Gasteiger partial charge >= 0.3 is 0 Å². The molecule has 2 heterocycles. The largest absolute Gasteiger partial charge is 0.370 e. The van der Waals surface area contributed by atoms with E-state index in [-0.39, 0.29) is 5.60 Å². The lowest BCUT2D eigenvalue weighted by Crippen LogP contribution is -2.37. The summed E-state index contributed by atoms with van der Waals surface area (Å²) >= 11 is 0. The Balaban J connectivity index is 2.01. The molecule has 0 radical (unpaired) electrons. The summed E-state index contributed by atoms with van der Waals surface area (Å²) in [5.74, 6) is 1.61. The number of rotatable bonds is 2. The Morgan fingerprint density at radius 3 is 2.95 bits per heavy atom. The van der Waals surface area contributed by atoms with E-state index >= 15 is 0 Å². The van der Waals surface area contributed by atoms with Crippen molar-refractivity contribution in [2.75, 3.05) is 13.7 Å². The van der Waals surface area contributed by atoms with Crippen molar-refractivity contribution < 1.29 is 4.74 Å². The predicted octanol–water partition coefficient (Wildman–Crippen LogP) is 2.48. The minimum absolute atomic E-state index is 0.262. The summed E-state index contributed by atoms with van der Waals surface area (Å²) in [5, 5.41) is 3.40. The highest BCUT2D eigenvalue weighted by molar-refractivity contribution is 5.28. The molecule has 0 spiro atoms. The smallest absolute Gasteiger partial charge is 0.160 e. The second-order valence-corrected chi connectivity index (χ2v) is 6.38. The van der Waals surface area contributed by atoms with E-state index in [4.69, 9.17) is 14.7 Å². The van der Waals surface area contributed by atoms with E-state index in [2.05, 4.69) is 19.2 Å².